The van der Waals surface area contributed by atoms with Crippen LogP contribution in [0.1, 0.15) is 20.8 Å². The first-order valence-corrected chi connectivity index (χ1v) is 6.93. The largest absolute Gasteiger partial charge is 0.496 e. The van der Waals surface area contributed by atoms with Gasteiger partial charge in [0.1, 0.15) is 12.0 Å². The molecule has 1 aromatic carbocycles. The number of carbonyl (C=O) groups excluding carboxylic acids is 1. The Morgan fingerprint density at radius 2 is 2.21 bits per heavy atom. The quantitative estimate of drug-likeness (QED) is 0.575. The Labute approximate surface area is 116 Å². The molecule has 0 N–H and O–H groups in total. The van der Waals surface area contributed by atoms with Crippen LogP contribution < -0.4 is 4.74 Å². The zero-order valence-corrected chi connectivity index (χ0v) is 11.6. The number of methoxy groups -OCH3 is 1. The summed E-state index contributed by atoms with van der Waals surface area (Å²) in [4.78, 5) is 12.1. The minimum absolute atomic E-state index is 0.455. The number of thiophene rings is 1. The van der Waals surface area contributed by atoms with Crippen LogP contribution in [0.25, 0.3) is 0 Å². The number of rotatable bonds is 7. The lowest BCUT2D eigenvalue weighted by atomic mass is 10.1. The summed E-state index contributed by atoms with van der Waals surface area (Å²) in [6.07, 6.45) is 1.74. The second-order valence-electron chi connectivity index (χ2n) is 4.07. The Bertz CT molecular complexity index is 520. The Balaban J connectivity index is 1.89. The van der Waals surface area contributed by atoms with Crippen LogP contribution in [0.2, 0.25) is 0 Å². The maximum atomic E-state index is 10.8. The average molecular weight is 276 g/mol. The predicted octanol–water partition coefficient (Wildman–Crippen LogP) is 3.33. The van der Waals surface area contributed by atoms with Crippen molar-refractivity contribution in [1.82, 2.24) is 0 Å². The lowest BCUT2D eigenvalue weighted by Gasteiger charge is -2.09. The van der Waals surface area contributed by atoms with Gasteiger partial charge in [0.25, 0.3) is 0 Å². The first-order valence-electron chi connectivity index (χ1n) is 6.05. The van der Waals surface area contributed by atoms with E-state index in [-0.39, 0.29) is 0 Å². The van der Waals surface area contributed by atoms with E-state index in [1.807, 2.05) is 6.07 Å². The van der Waals surface area contributed by atoms with E-state index in [9.17, 15) is 4.79 Å². The van der Waals surface area contributed by atoms with E-state index in [0.717, 1.165) is 24.0 Å². The molecule has 0 saturated heterocycles. The van der Waals surface area contributed by atoms with E-state index < -0.39 is 0 Å². The molecule has 0 bridgehead atoms. The van der Waals surface area contributed by atoms with Gasteiger partial charge in [-0.2, -0.15) is 0 Å². The van der Waals surface area contributed by atoms with Crippen LogP contribution in [-0.2, 0) is 17.8 Å². The monoisotopic (exact) mass is 276 g/mol. The highest BCUT2D eigenvalue weighted by atomic mass is 32.1. The van der Waals surface area contributed by atoms with Crippen molar-refractivity contribution < 1.29 is 14.3 Å². The zero-order chi connectivity index (χ0) is 13.5. The summed E-state index contributed by atoms with van der Waals surface area (Å²) < 4.78 is 10.9. The number of hydrogen-bond donors (Lipinski definition) is 0. The highest BCUT2D eigenvalue weighted by Crippen LogP contribution is 2.20. The molecule has 3 nitrogen and oxygen atoms in total. The first kappa shape index (κ1) is 13.8. The molecule has 0 fully saturated rings. The number of ether oxygens (including phenoxy) is 2. The second kappa shape index (κ2) is 7.07. The molecule has 19 heavy (non-hydrogen) atoms. The molecular formula is C15H16O3S. The van der Waals surface area contributed by atoms with Gasteiger partial charge in [0, 0.05) is 22.4 Å². The van der Waals surface area contributed by atoms with Crippen LogP contribution in [0.15, 0.2) is 35.7 Å². The summed E-state index contributed by atoms with van der Waals surface area (Å²) in [5.74, 6) is 0.752. The molecule has 0 amide bonds. The van der Waals surface area contributed by atoms with Gasteiger partial charge in [-0.15, -0.1) is 11.3 Å². The highest BCUT2D eigenvalue weighted by molar-refractivity contribution is 7.09. The van der Waals surface area contributed by atoms with Gasteiger partial charge in [-0.25, -0.2) is 0 Å². The molecular weight excluding hydrogens is 260 g/mol. The number of benzene rings is 1. The summed E-state index contributed by atoms with van der Waals surface area (Å²) >= 11 is 1.73. The van der Waals surface area contributed by atoms with Gasteiger partial charge in [-0.05, 0) is 29.6 Å². The fourth-order valence-corrected chi connectivity index (χ4v) is 2.48. The van der Waals surface area contributed by atoms with E-state index in [4.69, 9.17) is 9.47 Å². The normalized spacial score (nSPS) is 10.4. The molecule has 1 heterocycles. The van der Waals surface area contributed by atoms with Gasteiger partial charge in [0.15, 0.2) is 0 Å². The van der Waals surface area contributed by atoms with Crippen molar-refractivity contribution in [3.05, 3.63) is 51.7 Å². The molecule has 100 valence electrons. The molecule has 0 aliphatic carbocycles. The molecule has 0 aliphatic heterocycles. The third kappa shape index (κ3) is 3.91. The van der Waals surface area contributed by atoms with Crippen LogP contribution in [0, 0.1) is 0 Å². The van der Waals surface area contributed by atoms with Crippen molar-refractivity contribution in [2.24, 2.45) is 0 Å². The predicted molar refractivity (Wildman–Crippen MR) is 76.1 cm³/mol. The third-order valence-electron chi connectivity index (χ3n) is 2.77. The van der Waals surface area contributed by atoms with Gasteiger partial charge in [-0.3, -0.25) is 4.79 Å². The molecule has 1 aromatic heterocycles. The zero-order valence-electron chi connectivity index (χ0n) is 10.8. The first-order chi connectivity index (χ1) is 9.33. The molecule has 4 heteroatoms. The topological polar surface area (TPSA) is 35.5 Å². The van der Waals surface area contributed by atoms with Gasteiger partial charge < -0.3 is 9.47 Å². The minimum Gasteiger partial charge on any atom is -0.496 e. The highest BCUT2D eigenvalue weighted by Gasteiger charge is 2.04. The van der Waals surface area contributed by atoms with Crippen molar-refractivity contribution in [2.75, 3.05) is 13.7 Å². The number of hydrogen-bond acceptors (Lipinski definition) is 4. The Morgan fingerprint density at radius 3 is 2.89 bits per heavy atom. The Morgan fingerprint density at radius 1 is 1.32 bits per heavy atom. The molecule has 0 atom stereocenters. The average Bonchev–Trinajstić information content (AvgIpc) is 2.96. The van der Waals surface area contributed by atoms with Crippen LogP contribution >= 0.6 is 11.3 Å². The minimum atomic E-state index is 0.455. The summed E-state index contributed by atoms with van der Waals surface area (Å²) in [7, 11) is 1.62. The standard InChI is InChI=1S/C15H16O3S/c1-17-15-5-4-12(10-16)9-13(15)11-18-7-6-14-3-2-8-19-14/h2-5,8-10H,6-7,11H2,1H3. The van der Waals surface area contributed by atoms with Crippen LogP contribution in [-0.4, -0.2) is 20.0 Å². The maximum Gasteiger partial charge on any atom is 0.150 e. The maximum absolute atomic E-state index is 10.8. The van der Waals surface area contributed by atoms with Gasteiger partial charge in [0.2, 0.25) is 0 Å². The van der Waals surface area contributed by atoms with E-state index in [0.29, 0.717) is 18.8 Å². The summed E-state index contributed by atoms with van der Waals surface area (Å²) in [6.45, 7) is 1.12. The molecule has 2 rings (SSSR count). The van der Waals surface area contributed by atoms with Gasteiger partial charge >= 0.3 is 0 Å². The fraction of sp³-hybridized carbons (Fsp3) is 0.267. The third-order valence-corrected chi connectivity index (χ3v) is 3.71. The fourth-order valence-electron chi connectivity index (χ4n) is 1.79. The van der Waals surface area contributed by atoms with Crippen molar-refractivity contribution >= 4 is 17.6 Å². The van der Waals surface area contributed by atoms with Gasteiger partial charge in [-0.1, -0.05) is 6.07 Å². The number of carbonyl (C=O) groups is 1. The molecule has 0 spiro atoms. The molecule has 0 radical (unpaired) electrons. The van der Waals surface area contributed by atoms with Gasteiger partial charge in [0.05, 0.1) is 20.3 Å². The molecule has 0 saturated carbocycles. The Hall–Kier alpha value is -1.65. The van der Waals surface area contributed by atoms with E-state index in [1.54, 1.807) is 36.6 Å². The van der Waals surface area contributed by atoms with E-state index in [2.05, 4.69) is 11.4 Å². The van der Waals surface area contributed by atoms with Crippen molar-refractivity contribution in [3.8, 4) is 5.75 Å². The molecule has 0 unspecified atom stereocenters. The lowest BCUT2D eigenvalue weighted by molar-refractivity contribution is 0.112. The summed E-state index contributed by atoms with van der Waals surface area (Å²) in [6, 6.07) is 9.47. The number of aldehydes is 1. The lowest BCUT2D eigenvalue weighted by Crippen LogP contribution is -2.00. The van der Waals surface area contributed by atoms with E-state index in [1.165, 1.54) is 4.88 Å². The SMILES string of the molecule is COc1ccc(C=O)cc1COCCc1cccs1. The second-order valence-corrected chi connectivity index (χ2v) is 5.10. The molecule has 0 aliphatic rings. The smallest absolute Gasteiger partial charge is 0.150 e. The van der Waals surface area contributed by atoms with Crippen molar-refractivity contribution in [2.45, 2.75) is 13.0 Å². The van der Waals surface area contributed by atoms with E-state index >= 15 is 0 Å². The van der Waals surface area contributed by atoms with Crippen LogP contribution in [0.4, 0.5) is 0 Å². The van der Waals surface area contributed by atoms with Crippen LogP contribution in [0.3, 0.4) is 0 Å². The summed E-state index contributed by atoms with van der Waals surface area (Å²) in [5, 5.41) is 2.06. The van der Waals surface area contributed by atoms with Crippen molar-refractivity contribution in [1.29, 1.82) is 0 Å². The molecule has 2 aromatic rings. The Kier molecular flexibility index (Phi) is 5.12. The van der Waals surface area contributed by atoms with Crippen molar-refractivity contribution in [3.63, 3.8) is 0 Å². The summed E-state index contributed by atoms with van der Waals surface area (Å²) in [5.41, 5.74) is 1.54. The van der Waals surface area contributed by atoms with Crippen LogP contribution in [0.5, 0.6) is 5.75 Å².